The van der Waals surface area contributed by atoms with Gasteiger partial charge in [0.25, 0.3) is 0 Å². The fourth-order valence-electron chi connectivity index (χ4n) is 1.68. The van der Waals surface area contributed by atoms with E-state index in [1.165, 1.54) is 0 Å². The Morgan fingerprint density at radius 1 is 1.16 bits per heavy atom. The standard InChI is InChI=1S/C13H16BrN5/c1-3-19(4-2)13-17-12(9-15-18-13)16-11-7-5-10(14)6-8-11/h5-9H,3-4H2,1-2H3,(H,16,17,18). The molecule has 0 radical (unpaired) electrons. The Hall–Kier alpha value is -1.69. The van der Waals surface area contributed by atoms with E-state index in [1.54, 1.807) is 6.20 Å². The fraction of sp³-hybridized carbons (Fsp3) is 0.308. The zero-order valence-corrected chi connectivity index (χ0v) is 12.6. The smallest absolute Gasteiger partial charge is 0.247 e. The van der Waals surface area contributed by atoms with Gasteiger partial charge in [-0.2, -0.15) is 10.1 Å². The molecule has 1 N–H and O–H groups in total. The Balaban J connectivity index is 2.17. The fourth-order valence-corrected chi connectivity index (χ4v) is 1.94. The lowest BCUT2D eigenvalue weighted by Gasteiger charge is -2.18. The van der Waals surface area contributed by atoms with Gasteiger partial charge in [-0.3, -0.25) is 0 Å². The van der Waals surface area contributed by atoms with Crippen molar-refractivity contribution in [1.29, 1.82) is 0 Å². The van der Waals surface area contributed by atoms with Crippen LogP contribution in [-0.4, -0.2) is 28.3 Å². The molecule has 0 aliphatic carbocycles. The molecule has 0 unspecified atom stereocenters. The van der Waals surface area contributed by atoms with Gasteiger partial charge in [0.05, 0.1) is 6.20 Å². The Kier molecular flexibility index (Phi) is 4.68. The first-order chi connectivity index (χ1) is 9.22. The monoisotopic (exact) mass is 321 g/mol. The molecular formula is C13H16BrN5. The zero-order chi connectivity index (χ0) is 13.7. The highest BCUT2D eigenvalue weighted by Crippen LogP contribution is 2.18. The summed E-state index contributed by atoms with van der Waals surface area (Å²) < 4.78 is 1.04. The molecule has 0 saturated heterocycles. The summed E-state index contributed by atoms with van der Waals surface area (Å²) in [6, 6.07) is 7.90. The molecule has 100 valence electrons. The van der Waals surface area contributed by atoms with Crippen LogP contribution in [0, 0.1) is 0 Å². The maximum absolute atomic E-state index is 4.46. The Bertz CT molecular complexity index is 525. The summed E-state index contributed by atoms with van der Waals surface area (Å²) in [6.07, 6.45) is 1.62. The molecule has 2 rings (SSSR count). The summed E-state index contributed by atoms with van der Waals surface area (Å²) in [5.41, 5.74) is 0.967. The molecule has 2 aromatic rings. The van der Waals surface area contributed by atoms with E-state index >= 15 is 0 Å². The molecule has 5 nitrogen and oxygen atoms in total. The normalized spacial score (nSPS) is 10.3. The number of halogens is 1. The van der Waals surface area contributed by atoms with E-state index in [0.717, 1.165) is 23.2 Å². The molecule has 0 spiro atoms. The van der Waals surface area contributed by atoms with E-state index < -0.39 is 0 Å². The number of aromatic nitrogens is 3. The summed E-state index contributed by atoms with van der Waals surface area (Å²) in [4.78, 5) is 6.52. The van der Waals surface area contributed by atoms with Crippen LogP contribution >= 0.6 is 15.9 Å². The molecule has 19 heavy (non-hydrogen) atoms. The third-order valence-corrected chi connectivity index (χ3v) is 3.24. The van der Waals surface area contributed by atoms with Crippen molar-refractivity contribution in [2.45, 2.75) is 13.8 Å². The minimum Gasteiger partial charge on any atom is -0.340 e. The molecule has 0 bridgehead atoms. The number of anilines is 3. The quantitative estimate of drug-likeness (QED) is 0.916. The lowest BCUT2D eigenvalue weighted by atomic mass is 10.3. The van der Waals surface area contributed by atoms with E-state index in [1.807, 2.05) is 24.3 Å². The van der Waals surface area contributed by atoms with Crippen molar-refractivity contribution < 1.29 is 0 Å². The molecule has 0 aliphatic heterocycles. The van der Waals surface area contributed by atoms with Crippen LogP contribution in [0.3, 0.4) is 0 Å². The van der Waals surface area contributed by atoms with Crippen LogP contribution in [0.4, 0.5) is 17.5 Å². The largest absolute Gasteiger partial charge is 0.340 e. The molecule has 6 heteroatoms. The van der Waals surface area contributed by atoms with Crippen LogP contribution in [-0.2, 0) is 0 Å². The first-order valence-electron chi connectivity index (χ1n) is 6.20. The molecule has 0 aliphatic rings. The van der Waals surface area contributed by atoms with Gasteiger partial charge in [0.1, 0.15) is 0 Å². The van der Waals surface area contributed by atoms with Gasteiger partial charge in [0.2, 0.25) is 5.95 Å². The third kappa shape index (κ3) is 3.64. The molecular weight excluding hydrogens is 306 g/mol. The van der Waals surface area contributed by atoms with E-state index in [4.69, 9.17) is 0 Å². The first-order valence-corrected chi connectivity index (χ1v) is 6.99. The van der Waals surface area contributed by atoms with Crippen molar-refractivity contribution in [1.82, 2.24) is 15.2 Å². The maximum atomic E-state index is 4.46. The second-order valence-electron chi connectivity index (χ2n) is 3.95. The number of hydrogen-bond donors (Lipinski definition) is 1. The van der Waals surface area contributed by atoms with Gasteiger partial charge in [0.15, 0.2) is 5.82 Å². The SMILES string of the molecule is CCN(CC)c1nncc(Nc2ccc(Br)cc2)n1. The van der Waals surface area contributed by atoms with Crippen molar-refractivity contribution in [3.8, 4) is 0 Å². The van der Waals surface area contributed by atoms with Crippen molar-refractivity contribution in [3.05, 3.63) is 34.9 Å². The van der Waals surface area contributed by atoms with E-state index in [2.05, 4.69) is 55.2 Å². The minimum atomic E-state index is 0.645. The minimum absolute atomic E-state index is 0.645. The molecule has 1 aromatic carbocycles. The number of nitrogens with one attached hydrogen (secondary N) is 1. The molecule has 0 atom stereocenters. The van der Waals surface area contributed by atoms with E-state index in [0.29, 0.717) is 11.8 Å². The van der Waals surface area contributed by atoms with Gasteiger partial charge in [0, 0.05) is 23.2 Å². The number of benzene rings is 1. The van der Waals surface area contributed by atoms with Crippen molar-refractivity contribution >= 4 is 33.4 Å². The predicted octanol–water partition coefficient (Wildman–Crippen LogP) is 3.22. The van der Waals surface area contributed by atoms with Crippen LogP contribution in [0.2, 0.25) is 0 Å². The second kappa shape index (κ2) is 6.47. The summed E-state index contributed by atoms with van der Waals surface area (Å²) >= 11 is 3.41. The van der Waals surface area contributed by atoms with Crippen LogP contribution in [0.25, 0.3) is 0 Å². The average molecular weight is 322 g/mol. The highest BCUT2D eigenvalue weighted by Gasteiger charge is 2.07. The molecule has 1 aromatic heterocycles. The highest BCUT2D eigenvalue weighted by atomic mass is 79.9. The van der Waals surface area contributed by atoms with E-state index in [-0.39, 0.29) is 0 Å². The first kappa shape index (κ1) is 13.7. The van der Waals surface area contributed by atoms with Crippen molar-refractivity contribution in [2.75, 3.05) is 23.3 Å². The van der Waals surface area contributed by atoms with Crippen LogP contribution in [0.5, 0.6) is 0 Å². The Morgan fingerprint density at radius 2 is 1.84 bits per heavy atom. The third-order valence-electron chi connectivity index (χ3n) is 2.71. The highest BCUT2D eigenvalue weighted by molar-refractivity contribution is 9.10. The van der Waals surface area contributed by atoms with Gasteiger partial charge in [-0.1, -0.05) is 15.9 Å². The zero-order valence-electron chi connectivity index (χ0n) is 11.0. The van der Waals surface area contributed by atoms with Gasteiger partial charge >= 0.3 is 0 Å². The second-order valence-corrected chi connectivity index (χ2v) is 4.86. The summed E-state index contributed by atoms with van der Waals surface area (Å²) in [7, 11) is 0. The summed E-state index contributed by atoms with van der Waals surface area (Å²) in [5.74, 6) is 1.34. The Labute approximate surface area is 121 Å². The van der Waals surface area contributed by atoms with Crippen LogP contribution in [0.1, 0.15) is 13.8 Å². The van der Waals surface area contributed by atoms with Gasteiger partial charge in [-0.25, -0.2) is 0 Å². The predicted molar refractivity (Wildman–Crippen MR) is 80.8 cm³/mol. The summed E-state index contributed by atoms with van der Waals surface area (Å²) in [5, 5.41) is 11.3. The molecule has 0 fully saturated rings. The van der Waals surface area contributed by atoms with E-state index in [9.17, 15) is 0 Å². The average Bonchev–Trinajstić information content (AvgIpc) is 2.43. The van der Waals surface area contributed by atoms with Crippen LogP contribution in [0.15, 0.2) is 34.9 Å². The molecule has 0 amide bonds. The Morgan fingerprint density at radius 3 is 2.47 bits per heavy atom. The molecule has 0 saturated carbocycles. The van der Waals surface area contributed by atoms with Crippen molar-refractivity contribution in [3.63, 3.8) is 0 Å². The lowest BCUT2D eigenvalue weighted by molar-refractivity contribution is 0.796. The summed E-state index contributed by atoms with van der Waals surface area (Å²) in [6.45, 7) is 5.86. The van der Waals surface area contributed by atoms with Gasteiger partial charge in [-0.05, 0) is 38.1 Å². The maximum Gasteiger partial charge on any atom is 0.247 e. The topological polar surface area (TPSA) is 53.9 Å². The van der Waals surface area contributed by atoms with Gasteiger partial charge < -0.3 is 10.2 Å². The number of hydrogen-bond acceptors (Lipinski definition) is 5. The number of nitrogens with zero attached hydrogens (tertiary/aromatic N) is 4. The van der Waals surface area contributed by atoms with Gasteiger partial charge in [-0.15, -0.1) is 5.10 Å². The van der Waals surface area contributed by atoms with Crippen molar-refractivity contribution in [2.24, 2.45) is 0 Å². The van der Waals surface area contributed by atoms with Crippen LogP contribution < -0.4 is 10.2 Å². The number of rotatable bonds is 5. The lowest BCUT2D eigenvalue weighted by Crippen LogP contribution is -2.24. The molecule has 1 heterocycles.